The number of methoxy groups -OCH3 is 2. The number of anilines is 1. The van der Waals surface area contributed by atoms with Gasteiger partial charge in [0.15, 0.2) is 0 Å². The predicted octanol–water partition coefficient (Wildman–Crippen LogP) is 3.58. The number of nitrogens with zero attached hydrogens (tertiary/aromatic N) is 1. The molecule has 23 heavy (non-hydrogen) atoms. The summed E-state index contributed by atoms with van der Waals surface area (Å²) < 4.78 is 15.9. The summed E-state index contributed by atoms with van der Waals surface area (Å²) in [5, 5.41) is 2.80. The fourth-order valence-corrected chi connectivity index (χ4v) is 3.63. The first-order valence-electron chi connectivity index (χ1n) is 7.17. The number of furan rings is 1. The van der Waals surface area contributed by atoms with Crippen molar-refractivity contribution < 1.29 is 18.7 Å². The molecule has 1 aliphatic rings. The van der Waals surface area contributed by atoms with Crippen LogP contribution < -0.4 is 14.8 Å². The monoisotopic (exact) mass is 334 g/mol. The highest BCUT2D eigenvalue weighted by atomic mass is 32.2. The van der Waals surface area contributed by atoms with Gasteiger partial charge in [0.1, 0.15) is 22.6 Å². The maximum atomic E-state index is 12.6. The van der Waals surface area contributed by atoms with Crippen LogP contribution in [0.3, 0.4) is 0 Å². The summed E-state index contributed by atoms with van der Waals surface area (Å²) >= 11 is 1.68. The van der Waals surface area contributed by atoms with Crippen LogP contribution in [0.4, 0.5) is 10.5 Å². The minimum Gasteiger partial charge on any atom is -0.497 e. The smallest absolute Gasteiger partial charge is 0.323 e. The van der Waals surface area contributed by atoms with Crippen LogP contribution in [0.2, 0.25) is 0 Å². The largest absolute Gasteiger partial charge is 0.497 e. The molecule has 1 aliphatic heterocycles. The molecule has 2 amide bonds. The topological polar surface area (TPSA) is 63.9 Å². The second kappa shape index (κ2) is 6.87. The standard InChI is InChI=1S/C16H18N2O4S/c1-20-12-8-11(9-13(10-12)21-2)17-16(19)18-5-7-23-15(18)14-4-3-6-22-14/h3-4,6,8-10,15H,5,7H2,1-2H3,(H,17,19)/t15-/m0/s1. The van der Waals surface area contributed by atoms with Gasteiger partial charge in [0.2, 0.25) is 0 Å². The van der Waals surface area contributed by atoms with Crippen molar-refractivity contribution in [2.24, 2.45) is 0 Å². The van der Waals surface area contributed by atoms with Gasteiger partial charge in [0.05, 0.1) is 20.5 Å². The lowest BCUT2D eigenvalue weighted by atomic mass is 10.2. The van der Waals surface area contributed by atoms with E-state index in [1.807, 2.05) is 12.1 Å². The Morgan fingerprint density at radius 2 is 2.04 bits per heavy atom. The fraction of sp³-hybridized carbons (Fsp3) is 0.312. The van der Waals surface area contributed by atoms with Crippen molar-refractivity contribution in [3.63, 3.8) is 0 Å². The molecule has 3 rings (SSSR count). The summed E-state index contributed by atoms with van der Waals surface area (Å²) in [6.45, 7) is 0.670. The van der Waals surface area contributed by atoms with Crippen LogP contribution >= 0.6 is 11.8 Å². The number of thioether (sulfide) groups is 1. The van der Waals surface area contributed by atoms with Crippen LogP contribution in [-0.4, -0.2) is 37.4 Å². The quantitative estimate of drug-likeness (QED) is 0.926. The van der Waals surface area contributed by atoms with Gasteiger partial charge in [-0.1, -0.05) is 0 Å². The number of hydrogen-bond donors (Lipinski definition) is 1. The zero-order valence-corrected chi connectivity index (χ0v) is 13.8. The molecular formula is C16H18N2O4S. The Bertz CT molecular complexity index is 652. The average molecular weight is 334 g/mol. The first-order chi connectivity index (χ1) is 11.2. The van der Waals surface area contributed by atoms with Crippen molar-refractivity contribution in [3.8, 4) is 11.5 Å². The molecule has 2 aromatic rings. The van der Waals surface area contributed by atoms with Gasteiger partial charge in [0, 0.05) is 36.2 Å². The molecule has 122 valence electrons. The Hall–Kier alpha value is -2.28. The van der Waals surface area contributed by atoms with Crippen LogP contribution in [0.5, 0.6) is 11.5 Å². The van der Waals surface area contributed by atoms with Gasteiger partial charge in [-0.25, -0.2) is 4.79 Å². The lowest BCUT2D eigenvalue weighted by molar-refractivity contribution is 0.209. The van der Waals surface area contributed by atoms with E-state index in [1.54, 1.807) is 55.3 Å². The van der Waals surface area contributed by atoms with Gasteiger partial charge >= 0.3 is 6.03 Å². The maximum absolute atomic E-state index is 12.6. The van der Waals surface area contributed by atoms with Gasteiger partial charge in [-0.15, -0.1) is 11.8 Å². The molecule has 0 saturated carbocycles. The maximum Gasteiger partial charge on any atom is 0.323 e. The van der Waals surface area contributed by atoms with Crippen molar-refractivity contribution in [2.75, 3.05) is 31.8 Å². The average Bonchev–Trinajstić information content (AvgIpc) is 3.24. The zero-order valence-electron chi connectivity index (χ0n) is 12.9. The highest BCUT2D eigenvalue weighted by Crippen LogP contribution is 2.38. The Labute approximate surface area is 138 Å². The lowest BCUT2D eigenvalue weighted by Gasteiger charge is -2.22. The van der Waals surface area contributed by atoms with E-state index in [0.29, 0.717) is 23.7 Å². The van der Waals surface area contributed by atoms with Crippen LogP contribution in [-0.2, 0) is 0 Å². The van der Waals surface area contributed by atoms with Crippen molar-refractivity contribution >= 4 is 23.5 Å². The lowest BCUT2D eigenvalue weighted by Crippen LogP contribution is -2.34. The van der Waals surface area contributed by atoms with Crippen molar-refractivity contribution in [1.29, 1.82) is 0 Å². The van der Waals surface area contributed by atoms with E-state index in [-0.39, 0.29) is 11.4 Å². The predicted molar refractivity (Wildman–Crippen MR) is 89.2 cm³/mol. The van der Waals surface area contributed by atoms with E-state index in [1.165, 1.54) is 0 Å². The molecule has 1 aromatic carbocycles. The summed E-state index contributed by atoms with van der Waals surface area (Å²) in [5.74, 6) is 2.90. The van der Waals surface area contributed by atoms with Crippen LogP contribution in [0.1, 0.15) is 11.1 Å². The Morgan fingerprint density at radius 3 is 2.65 bits per heavy atom. The number of hydrogen-bond acceptors (Lipinski definition) is 5. The molecule has 0 bridgehead atoms. The highest BCUT2D eigenvalue weighted by Gasteiger charge is 2.32. The van der Waals surface area contributed by atoms with Crippen LogP contribution in [0.15, 0.2) is 41.0 Å². The Morgan fingerprint density at radius 1 is 1.30 bits per heavy atom. The second-order valence-corrected chi connectivity index (χ2v) is 6.15. The second-order valence-electron chi connectivity index (χ2n) is 4.96. The molecule has 1 atom stereocenters. The van der Waals surface area contributed by atoms with Crippen LogP contribution in [0, 0.1) is 0 Å². The van der Waals surface area contributed by atoms with E-state index >= 15 is 0 Å². The summed E-state index contributed by atoms with van der Waals surface area (Å²) in [7, 11) is 3.15. The van der Waals surface area contributed by atoms with Crippen molar-refractivity contribution in [3.05, 3.63) is 42.4 Å². The number of ether oxygens (including phenoxy) is 2. The number of rotatable bonds is 4. The molecular weight excluding hydrogens is 316 g/mol. The summed E-state index contributed by atoms with van der Waals surface area (Å²) in [6, 6.07) is 8.81. The molecule has 6 nitrogen and oxygen atoms in total. The first-order valence-corrected chi connectivity index (χ1v) is 8.22. The number of carbonyl (C=O) groups excluding carboxylic acids is 1. The Balaban J connectivity index is 1.76. The molecule has 2 heterocycles. The first kappa shape index (κ1) is 15.6. The molecule has 0 radical (unpaired) electrons. The minimum atomic E-state index is -0.174. The Kier molecular flexibility index (Phi) is 4.66. The molecule has 7 heteroatoms. The summed E-state index contributed by atoms with van der Waals surface area (Å²) in [4.78, 5) is 14.4. The van der Waals surface area contributed by atoms with E-state index in [0.717, 1.165) is 11.5 Å². The minimum absolute atomic E-state index is 0.0995. The highest BCUT2D eigenvalue weighted by molar-refractivity contribution is 7.99. The van der Waals surface area contributed by atoms with Gasteiger partial charge in [-0.05, 0) is 12.1 Å². The zero-order chi connectivity index (χ0) is 16.2. The third kappa shape index (κ3) is 3.39. The number of nitrogens with one attached hydrogen (secondary N) is 1. The van der Waals surface area contributed by atoms with E-state index in [4.69, 9.17) is 13.9 Å². The number of carbonyl (C=O) groups is 1. The molecule has 0 spiro atoms. The van der Waals surface area contributed by atoms with Crippen molar-refractivity contribution in [1.82, 2.24) is 4.90 Å². The van der Waals surface area contributed by atoms with Crippen molar-refractivity contribution in [2.45, 2.75) is 5.37 Å². The van der Waals surface area contributed by atoms with E-state index in [2.05, 4.69) is 5.32 Å². The number of urea groups is 1. The van der Waals surface area contributed by atoms with Gasteiger partial charge in [-0.2, -0.15) is 0 Å². The molecule has 1 saturated heterocycles. The summed E-state index contributed by atoms with van der Waals surface area (Å²) in [5.41, 5.74) is 0.626. The number of amides is 2. The molecule has 0 aliphatic carbocycles. The number of benzene rings is 1. The van der Waals surface area contributed by atoms with E-state index < -0.39 is 0 Å². The third-order valence-electron chi connectivity index (χ3n) is 3.54. The van der Waals surface area contributed by atoms with Crippen LogP contribution in [0.25, 0.3) is 0 Å². The van der Waals surface area contributed by atoms with Gasteiger partial charge in [0.25, 0.3) is 0 Å². The molecule has 0 unspecified atom stereocenters. The fourth-order valence-electron chi connectivity index (χ4n) is 2.42. The third-order valence-corrected chi connectivity index (χ3v) is 4.76. The summed E-state index contributed by atoms with van der Waals surface area (Å²) in [6.07, 6.45) is 1.62. The molecule has 1 fully saturated rings. The normalized spacial score (nSPS) is 17.1. The van der Waals surface area contributed by atoms with Gasteiger partial charge in [-0.3, -0.25) is 0 Å². The van der Waals surface area contributed by atoms with Gasteiger partial charge < -0.3 is 24.1 Å². The molecule has 1 N–H and O–H groups in total. The van der Waals surface area contributed by atoms with E-state index in [9.17, 15) is 4.79 Å². The SMILES string of the molecule is COc1cc(NC(=O)N2CCS[C@H]2c2ccco2)cc(OC)c1. The molecule has 1 aromatic heterocycles.